The fourth-order valence-electron chi connectivity index (χ4n) is 3.48. The summed E-state index contributed by atoms with van der Waals surface area (Å²) in [5, 5.41) is 12.1. The molecule has 1 heteroatoms. The van der Waals surface area contributed by atoms with Gasteiger partial charge in [-0.3, -0.25) is 0 Å². The van der Waals surface area contributed by atoms with E-state index in [1.54, 1.807) is 12.1 Å². The Morgan fingerprint density at radius 3 is 2.33 bits per heavy atom. The van der Waals surface area contributed by atoms with Crippen LogP contribution >= 0.6 is 0 Å². The standard InChI is InChI=1S/C23H26O/c1-17(6-5-7-19-11-14-21(24)15-12-19)16-20-13-10-18(2)22-8-3-4-9-23(20)22/h3-4,8-15,17,24H,5-7,16H2,1-2H3. The van der Waals surface area contributed by atoms with Crippen LogP contribution in [0.4, 0.5) is 0 Å². The number of rotatable bonds is 6. The van der Waals surface area contributed by atoms with E-state index in [1.165, 1.54) is 40.3 Å². The summed E-state index contributed by atoms with van der Waals surface area (Å²) in [7, 11) is 0. The van der Waals surface area contributed by atoms with Crippen molar-refractivity contribution in [3.05, 3.63) is 77.4 Å². The van der Waals surface area contributed by atoms with E-state index in [4.69, 9.17) is 0 Å². The molecule has 0 aliphatic heterocycles. The van der Waals surface area contributed by atoms with Crippen LogP contribution < -0.4 is 0 Å². The Bertz CT molecular complexity index is 802. The molecule has 1 nitrogen and oxygen atoms in total. The number of phenols is 1. The number of fused-ring (bicyclic) bond motifs is 1. The van der Waals surface area contributed by atoms with Crippen LogP contribution in [0.3, 0.4) is 0 Å². The van der Waals surface area contributed by atoms with Crippen LogP contribution in [0.15, 0.2) is 60.7 Å². The van der Waals surface area contributed by atoms with Crippen molar-refractivity contribution in [3.8, 4) is 5.75 Å². The monoisotopic (exact) mass is 318 g/mol. The molecular weight excluding hydrogens is 292 g/mol. The number of hydrogen-bond acceptors (Lipinski definition) is 1. The van der Waals surface area contributed by atoms with E-state index in [0.29, 0.717) is 11.7 Å². The van der Waals surface area contributed by atoms with Gasteiger partial charge in [-0.2, -0.15) is 0 Å². The van der Waals surface area contributed by atoms with Crippen molar-refractivity contribution in [2.45, 2.75) is 39.5 Å². The molecule has 0 aliphatic rings. The molecule has 0 radical (unpaired) electrons. The largest absolute Gasteiger partial charge is 0.508 e. The van der Waals surface area contributed by atoms with Crippen LogP contribution in [0.25, 0.3) is 10.8 Å². The number of hydrogen-bond donors (Lipinski definition) is 1. The molecule has 0 heterocycles. The molecule has 1 N–H and O–H groups in total. The quantitative estimate of drug-likeness (QED) is 0.586. The van der Waals surface area contributed by atoms with Gasteiger partial charge >= 0.3 is 0 Å². The molecule has 3 rings (SSSR count). The SMILES string of the molecule is Cc1ccc(CC(C)CCCc2ccc(O)cc2)c2ccccc12. The summed E-state index contributed by atoms with van der Waals surface area (Å²) in [6.45, 7) is 4.54. The first-order chi connectivity index (χ1) is 11.6. The minimum atomic E-state index is 0.346. The third kappa shape index (κ3) is 3.97. The highest BCUT2D eigenvalue weighted by molar-refractivity contribution is 5.88. The zero-order chi connectivity index (χ0) is 16.9. The molecule has 0 aromatic heterocycles. The molecule has 0 aliphatic carbocycles. The van der Waals surface area contributed by atoms with E-state index in [-0.39, 0.29) is 0 Å². The summed E-state index contributed by atoms with van der Waals surface area (Å²) >= 11 is 0. The van der Waals surface area contributed by atoms with Crippen LogP contribution in [0, 0.1) is 12.8 Å². The van der Waals surface area contributed by atoms with Crippen molar-refractivity contribution < 1.29 is 5.11 Å². The van der Waals surface area contributed by atoms with E-state index in [9.17, 15) is 5.11 Å². The Morgan fingerprint density at radius 2 is 1.58 bits per heavy atom. The average molecular weight is 318 g/mol. The molecule has 3 aromatic carbocycles. The summed E-state index contributed by atoms with van der Waals surface area (Å²) in [4.78, 5) is 0. The lowest BCUT2D eigenvalue weighted by Gasteiger charge is -2.14. The molecular formula is C23H26O. The Hall–Kier alpha value is -2.28. The third-order valence-corrected chi connectivity index (χ3v) is 4.90. The summed E-state index contributed by atoms with van der Waals surface area (Å²) in [6.07, 6.45) is 4.63. The lowest BCUT2D eigenvalue weighted by Crippen LogP contribution is -2.02. The normalized spacial score (nSPS) is 12.4. The summed E-state index contributed by atoms with van der Waals surface area (Å²) in [5.74, 6) is 1.02. The highest BCUT2D eigenvalue weighted by Gasteiger charge is 2.08. The first-order valence-corrected chi connectivity index (χ1v) is 8.88. The molecule has 24 heavy (non-hydrogen) atoms. The molecule has 0 amide bonds. The van der Waals surface area contributed by atoms with Crippen LogP contribution in [0.2, 0.25) is 0 Å². The van der Waals surface area contributed by atoms with E-state index in [1.807, 2.05) is 12.1 Å². The molecule has 124 valence electrons. The zero-order valence-corrected chi connectivity index (χ0v) is 14.6. The van der Waals surface area contributed by atoms with E-state index < -0.39 is 0 Å². The maximum atomic E-state index is 9.34. The molecule has 1 atom stereocenters. The van der Waals surface area contributed by atoms with Crippen molar-refractivity contribution >= 4 is 10.8 Å². The Balaban J connectivity index is 1.60. The third-order valence-electron chi connectivity index (χ3n) is 4.90. The lowest BCUT2D eigenvalue weighted by molar-refractivity contribution is 0.474. The second kappa shape index (κ2) is 7.53. The molecule has 0 fully saturated rings. The van der Waals surface area contributed by atoms with Gasteiger partial charge in [0.2, 0.25) is 0 Å². The maximum Gasteiger partial charge on any atom is 0.115 e. The number of aromatic hydroxyl groups is 1. The number of aryl methyl sites for hydroxylation is 2. The van der Waals surface area contributed by atoms with Gasteiger partial charge in [-0.1, -0.05) is 61.9 Å². The lowest BCUT2D eigenvalue weighted by atomic mass is 9.91. The fourth-order valence-corrected chi connectivity index (χ4v) is 3.48. The summed E-state index contributed by atoms with van der Waals surface area (Å²) < 4.78 is 0. The van der Waals surface area contributed by atoms with E-state index >= 15 is 0 Å². The minimum absolute atomic E-state index is 0.346. The Kier molecular flexibility index (Phi) is 5.20. The minimum Gasteiger partial charge on any atom is -0.508 e. The van der Waals surface area contributed by atoms with Crippen molar-refractivity contribution in [1.82, 2.24) is 0 Å². The van der Waals surface area contributed by atoms with Crippen molar-refractivity contribution in [1.29, 1.82) is 0 Å². The van der Waals surface area contributed by atoms with Gasteiger partial charge in [-0.25, -0.2) is 0 Å². The molecule has 0 saturated carbocycles. The maximum absolute atomic E-state index is 9.34. The van der Waals surface area contributed by atoms with Crippen LogP contribution in [-0.4, -0.2) is 5.11 Å². The first-order valence-electron chi connectivity index (χ1n) is 8.88. The first kappa shape index (κ1) is 16.6. The summed E-state index contributed by atoms with van der Waals surface area (Å²) in [5.41, 5.74) is 4.13. The zero-order valence-electron chi connectivity index (χ0n) is 14.6. The van der Waals surface area contributed by atoms with Crippen molar-refractivity contribution in [2.75, 3.05) is 0 Å². The predicted octanol–water partition coefficient (Wildman–Crippen LogP) is 6.06. The number of phenolic OH excluding ortho intramolecular Hbond substituents is 1. The summed E-state index contributed by atoms with van der Waals surface area (Å²) in [6, 6.07) is 20.9. The molecule has 0 spiro atoms. The highest BCUT2D eigenvalue weighted by Crippen LogP contribution is 2.25. The van der Waals surface area contributed by atoms with Crippen LogP contribution in [0.1, 0.15) is 36.5 Å². The van der Waals surface area contributed by atoms with Gasteiger partial charge in [-0.05, 0) is 71.7 Å². The molecule has 0 saturated heterocycles. The van der Waals surface area contributed by atoms with Crippen LogP contribution in [0.5, 0.6) is 5.75 Å². The van der Waals surface area contributed by atoms with Crippen molar-refractivity contribution in [2.24, 2.45) is 5.92 Å². The van der Waals surface area contributed by atoms with Gasteiger partial charge in [-0.15, -0.1) is 0 Å². The topological polar surface area (TPSA) is 20.2 Å². The molecule has 0 bridgehead atoms. The van der Waals surface area contributed by atoms with Gasteiger partial charge < -0.3 is 5.11 Å². The number of benzene rings is 3. The smallest absolute Gasteiger partial charge is 0.115 e. The van der Waals surface area contributed by atoms with E-state index in [2.05, 4.69) is 50.2 Å². The second-order valence-corrected chi connectivity index (χ2v) is 6.96. The van der Waals surface area contributed by atoms with E-state index in [0.717, 1.165) is 12.8 Å². The Labute approximate surface area is 145 Å². The van der Waals surface area contributed by atoms with Crippen LogP contribution in [-0.2, 0) is 12.8 Å². The molecule has 3 aromatic rings. The van der Waals surface area contributed by atoms with Gasteiger partial charge in [0.05, 0.1) is 0 Å². The van der Waals surface area contributed by atoms with Gasteiger partial charge in [0.1, 0.15) is 5.75 Å². The van der Waals surface area contributed by atoms with Gasteiger partial charge in [0.25, 0.3) is 0 Å². The average Bonchev–Trinajstić information content (AvgIpc) is 2.59. The predicted molar refractivity (Wildman–Crippen MR) is 103 cm³/mol. The molecule has 1 unspecified atom stereocenters. The van der Waals surface area contributed by atoms with Gasteiger partial charge in [0, 0.05) is 0 Å². The fraction of sp³-hybridized carbons (Fsp3) is 0.304. The highest BCUT2D eigenvalue weighted by atomic mass is 16.3. The Morgan fingerprint density at radius 1 is 0.875 bits per heavy atom. The van der Waals surface area contributed by atoms with Crippen molar-refractivity contribution in [3.63, 3.8) is 0 Å². The van der Waals surface area contributed by atoms with Gasteiger partial charge in [0.15, 0.2) is 0 Å². The second-order valence-electron chi connectivity index (χ2n) is 6.96.